The van der Waals surface area contributed by atoms with Crippen molar-refractivity contribution in [3.05, 3.63) is 76.5 Å². The summed E-state index contributed by atoms with van der Waals surface area (Å²) in [7, 11) is 1.59. The van der Waals surface area contributed by atoms with Gasteiger partial charge in [-0.05, 0) is 30.2 Å². The fourth-order valence-electron chi connectivity index (χ4n) is 3.89. The molecule has 1 aliphatic heterocycles. The minimum absolute atomic E-state index is 0.0736. The Morgan fingerprint density at radius 1 is 1.17 bits per heavy atom. The predicted octanol–water partition coefficient (Wildman–Crippen LogP) is 4.28. The quantitative estimate of drug-likeness (QED) is 0.268. The van der Waals surface area contributed by atoms with E-state index in [0.29, 0.717) is 35.7 Å². The molecule has 7 heteroatoms. The molecule has 0 bridgehead atoms. The number of hydrogen-bond donors (Lipinski definition) is 2. The summed E-state index contributed by atoms with van der Waals surface area (Å²) in [6, 6.07) is 13.7. The molecule has 3 aromatic rings. The van der Waals surface area contributed by atoms with Gasteiger partial charge in [-0.3, -0.25) is 9.59 Å². The first-order valence-corrected chi connectivity index (χ1v) is 10.00. The highest BCUT2D eigenvalue weighted by molar-refractivity contribution is 6.46. The van der Waals surface area contributed by atoms with Crippen LogP contribution in [0, 0.1) is 0 Å². The summed E-state index contributed by atoms with van der Waals surface area (Å²) in [6.45, 7) is 0.787. The predicted molar refractivity (Wildman–Crippen MR) is 115 cm³/mol. The molecule has 0 saturated carbocycles. The topological polar surface area (TPSA) is 82.6 Å². The second-order valence-electron chi connectivity index (χ2n) is 7.14. The Morgan fingerprint density at radius 3 is 2.63 bits per heavy atom. The maximum Gasteiger partial charge on any atom is 0.295 e. The van der Waals surface area contributed by atoms with E-state index in [1.165, 1.54) is 4.90 Å². The molecule has 2 heterocycles. The van der Waals surface area contributed by atoms with Gasteiger partial charge >= 0.3 is 0 Å². The lowest BCUT2D eigenvalue weighted by Crippen LogP contribution is -2.31. The van der Waals surface area contributed by atoms with E-state index in [4.69, 9.17) is 16.3 Å². The second kappa shape index (κ2) is 8.34. The van der Waals surface area contributed by atoms with Crippen molar-refractivity contribution >= 4 is 40.0 Å². The number of Topliss-reactive ketones (excluding diaryl/α,β-unsaturated/α-hetero) is 1. The zero-order chi connectivity index (χ0) is 21.3. The third-order valence-electron chi connectivity index (χ3n) is 5.32. The monoisotopic (exact) mass is 424 g/mol. The molecule has 1 aliphatic rings. The van der Waals surface area contributed by atoms with Crippen molar-refractivity contribution < 1.29 is 19.4 Å². The average Bonchev–Trinajstić information content (AvgIpc) is 3.29. The first kappa shape index (κ1) is 20.2. The van der Waals surface area contributed by atoms with E-state index in [0.717, 1.165) is 10.9 Å². The summed E-state index contributed by atoms with van der Waals surface area (Å²) in [4.78, 5) is 30.4. The van der Waals surface area contributed by atoms with Crippen LogP contribution in [0.25, 0.3) is 16.7 Å². The third-order valence-corrected chi connectivity index (χ3v) is 5.57. The van der Waals surface area contributed by atoms with Crippen molar-refractivity contribution in [2.24, 2.45) is 0 Å². The molecule has 1 aromatic heterocycles. The molecule has 0 aliphatic carbocycles. The number of aromatic amines is 1. The van der Waals surface area contributed by atoms with Crippen LogP contribution in [0.5, 0.6) is 0 Å². The van der Waals surface area contributed by atoms with Crippen molar-refractivity contribution in [3.8, 4) is 0 Å². The first-order valence-electron chi connectivity index (χ1n) is 9.62. The van der Waals surface area contributed by atoms with Gasteiger partial charge in [0.05, 0.1) is 11.6 Å². The molecule has 4 rings (SSSR count). The molecule has 30 heavy (non-hydrogen) atoms. The molecular formula is C23H21ClN2O4. The van der Waals surface area contributed by atoms with E-state index < -0.39 is 17.7 Å². The number of amides is 1. The van der Waals surface area contributed by atoms with Crippen molar-refractivity contribution in [1.82, 2.24) is 9.88 Å². The minimum atomic E-state index is -0.701. The van der Waals surface area contributed by atoms with Crippen LogP contribution in [0.3, 0.4) is 0 Å². The van der Waals surface area contributed by atoms with E-state index in [1.807, 2.05) is 24.3 Å². The normalized spacial score (nSPS) is 18.5. The SMILES string of the molecule is COCCCN1C(=O)C(=O)/C(=C(\O)c2c[nH]c3ccccc23)C1c1ccc(Cl)cc1. The van der Waals surface area contributed by atoms with Crippen LogP contribution in [-0.2, 0) is 14.3 Å². The Morgan fingerprint density at radius 2 is 1.90 bits per heavy atom. The highest BCUT2D eigenvalue weighted by atomic mass is 35.5. The molecule has 1 fully saturated rings. The lowest BCUT2D eigenvalue weighted by Gasteiger charge is -2.25. The molecule has 0 spiro atoms. The number of rotatable bonds is 6. The Kier molecular flexibility index (Phi) is 5.61. The largest absolute Gasteiger partial charge is 0.507 e. The van der Waals surface area contributed by atoms with Crippen LogP contribution >= 0.6 is 11.6 Å². The summed E-state index contributed by atoms with van der Waals surface area (Å²) in [6.07, 6.45) is 2.22. The summed E-state index contributed by atoms with van der Waals surface area (Å²) in [5, 5.41) is 12.5. The van der Waals surface area contributed by atoms with Gasteiger partial charge in [0.1, 0.15) is 5.76 Å². The van der Waals surface area contributed by atoms with Crippen LogP contribution in [0.15, 0.2) is 60.3 Å². The minimum Gasteiger partial charge on any atom is -0.507 e. The van der Waals surface area contributed by atoms with Crippen LogP contribution in [0.2, 0.25) is 5.02 Å². The molecule has 154 valence electrons. The van der Waals surface area contributed by atoms with Gasteiger partial charge in [0.25, 0.3) is 11.7 Å². The number of ketones is 1. The second-order valence-corrected chi connectivity index (χ2v) is 7.57. The number of ether oxygens (including phenoxy) is 1. The van der Waals surface area contributed by atoms with Crippen molar-refractivity contribution in [1.29, 1.82) is 0 Å². The lowest BCUT2D eigenvalue weighted by molar-refractivity contribution is -0.140. The maximum absolute atomic E-state index is 13.0. The maximum atomic E-state index is 13.0. The molecule has 0 radical (unpaired) electrons. The summed E-state index contributed by atoms with van der Waals surface area (Å²) >= 11 is 6.03. The number of carbonyl (C=O) groups is 2. The first-order chi connectivity index (χ1) is 14.5. The molecule has 6 nitrogen and oxygen atoms in total. The van der Waals surface area contributed by atoms with Gasteiger partial charge in [-0.1, -0.05) is 41.9 Å². The van der Waals surface area contributed by atoms with Gasteiger partial charge in [0.2, 0.25) is 0 Å². The Hall–Kier alpha value is -3.09. The number of hydrogen-bond acceptors (Lipinski definition) is 4. The standard InChI is InChI=1S/C23H21ClN2O4/c1-30-12-4-11-26-20(14-7-9-15(24)10-8-14)19(22(28)23(26)29)21(27)17-13-25-18-6-3-2-5-16(17)18/h2-3,5-10,13,20,25,27H,4,11-12H2,1H3/b21-19-. The van der Waals surface area contributed by atoms with E-state index >= 15 is 0 Å². The molecule has 2 N–H and O–H groups in total. The van der Waals surface area contributed by atoms with Gasteiger partial charge < -0.3 is 19.7 Å². The molecule has 1 atom stereocenters. The molecular weight excluding hydrogens is 404 g/mol. The van der Waals surface area contributed by atoms with E-state index in [-0.39, 0.29) is 11.3 Å². The number of nitrogens with zero attached hydrogens (tertiary/aromatic N) is 1. The van der Waals surface area contributed by atoms with Gasteiger partial charge in [0, 0.05) is 47.9 Å². The number of nitrogens with one attached hydrogen (secondary N) is 1. The van der Waals surface area contributed by atoms with Crippen LogP contribution in [0.4, 0.5) is 0 Å². The number of fused-ring (bicyclic) bond motifs is 1. The molecule has 1 saturated heterocycles. The van der Waals surface area contributed by atoms with Crippen LogP contribution < -0.4 is 0 Å². The number of carbonyl (C=O) groups excluding carboxylic acids is 2. The number of halogens is 1. The number of methoxy groups -OCH3 is 1. The fourth-order valence-corrected chi connectivity index (χ4v) is 4.02. The summed E-state index contributed by atoms with van der Waals surface area (Å²) in [5.41, 5.74) is 2.10. The highest BCUT2D eigenvalue weighted by Gasteiger charge is 2.45. The zero-order valence-electron chi connectivity index (χ0n) is 16.4. The number of likely N-dealkylation sites (tertiary alicyclic amines) is 1. The van der Waals surface area contributed by atoms with E-state index in [1.54, 1.807) is 37.6 Å². The van der Waals surface area contributed by atoms with Crippen LogP contribution in [-0.4, -0.2) is 46.9 Å². The van der Waals surface area contributed by atoms with E-state index in [9.17, 15) is 14.7 Å². The number of para-hydroxylation sites is 1. The number of benzene rings is 2. The Balaban J connectivity index is 1.86. The number of aromatic nitrogens is 1. The van der Waals surface area contributed by atoms with Gasteiger partial charge in [-0.15, -0.1) is 0 Å². The lowest BCUT2D eigenvalue weighted by atomic mass is 9.95. The van der Waals surface area contributed by atoms with Gasteiger partial charge in [-0.25, -0.2) is 0 Å². The Bertz CT molecular complexity index is 1130. The molecule has 1 unspecified atom stereocenters. The number of aliphatic hydroxyl groups is 1. The third kappa shape index (κ3) is 3.49. The van der Waals surface area contributed by atoms with Crippen LogP contribution in [0.1, 0.15) is 23.6 Å². The molecule has 2 aromatic carbocycles. The number of H-pyrrole nitrogens is 1. The fraction of sp³-hybridized carbons (Fsp3) is 0.217. The zero-order valence-corrected chi connectivity index (χ0v) is 17.1. The Labute approximate surface area is 178 Å². The van der Waals surface area contributed by atoms with Gasteiger partial charge in [-0.2, -0.15) is 0 Å². The summed E-state index contributed by atoms with van der Waals surface area (Å²) < 4.78 is 5.10. The van der Waals surface area contributed by atoms with Crippen molar-refractivity contribution in [3.63, 3.8) is 0 Å². The number of aliphatic hydroxyl groups excluding tert-OH is 1. The molecule has 1 amide bonds. The van der Waals surface area contributed by atoms with Crippen molar-refractivity contribution in [2.45, 2.75) is 12.5 Å². The smallest absolute Gasteiger partial charge is 0.295 e. The highest BCUT2D eigenvalue weighted by Crippen LogP contribution is 2.40. The van der Waals surface area contributed by atoms with E-state index in [2.05, 4.69) is 4.98 Å². The van der Waals surface area contributed by atoms with Crippen molar-refractivity contribution in [2.75, 3.05) is 20.3 Å². The average molecular weight is 425 g/mol. The summed E-state index contributed by atoms with van der Waals surface area (Å²) in [5.74, 6) is -1.53. The van der Waals surface area contributed by atoms with Gasteiger partial charge in [0.15, 0.2) is 0 Å².